The maximum atomic E-state index is 6.19. The van der Waals surface area contributed by atoms with Crippen molar-refractivity contribution in [2.24, 2.45) is 5.41 Å². The fourth-order valence-corrected chi connectivity index (χ4v) is 3.45. The second-order valence-electron chi connectivity index (χ2n) is 5.49. The largest absolute Gasteiger partial charge is 0.115 e. The van der Waals surface area contributed by atoms with Gasteiger partial charge >= 0.3 is 0 Å². The number of rotatable bonds is 8. The van der Waals surface area contributed by atoms with Crippen LogP contribution < -0.4 is 0 Å². The highest BCUT2D eigenvalue weighted by Crippen LogP contribution is 2.37. The Morgan fingerprint density at radius 1 is 1.19 bits per heavy atom. The van der Waals surface area contributed by atoms with Crippen LogP contribution in [0, 0.1) is 29.1 Å². The van der Waals surface area contributed by atoms with Crippen LogP contribution in [0.1, 0.15) is 26.7 Å². The number of hydrogen-bond donors (Lipinski definition) is 0. The normalized spacial score (nSPS) is 16.7. The lowest BCUT2D eigenvalue weighted by Gasteiger charge is -2.30. The highest BCUT2D eigenvalue weighted by Gasteiger charge is 2.32. The molecule has 0 aromatic rings. The van der Waals surface area contributed by atoms with E-state index in [2.05, 4.69) is 74.3 Å². The molecule has 27 heavy (non-hydrogen) atoms. The SMILES string of the molecule is C=C/C=C/C(CC#C/C=C/C)(C/C=C/C=C/C)C(Br)C#CC(Cl)/C=C(/Cl)Br. The number of allylic oxidation sites excluding steroid dienone is 10. The van der Waals surface area contributed by atoms with Crippen molar-refractivity contribution in [2.75, 3.05) is 0 Å². The van der Waals surface area contributed by atoms with Crippen molar-refractivity contribution in [3.05, 3.63) is 71.3 Å². The van der Waals surface area contributed by atoms with Crippen LogP contribution in [0.2, 0.25) is 0 Å². The van der Waals surface area contributed by atoms with Crippen LogP contribution in [-0.2, 0) is 0 Å². The first-order valence-electron chi connectivity index (χ1n) is 8.41. The molecule has 0 radical (unpaired) electrons. The molecule has 144 valence electrons. The highest BCUT2D eigenvalue weighted by atomic mass is 79.9. The average molecular weight is 531 g/mol. The number of halogens is 4. The fraction of sp³-hybridized carbons (Fsp3) is 0.304. The van der Waals surface area contributed by atoms with Gasteiger partial charge in [0.2, 0.25) is 0 Å². The van der Waals surface area contributed by atoms with Crippen LogP contribution in [0.4, 0.5) is 0 Å². The van der Waals surface area contributed by atoms with Crippen LogP contribution in [0.5, 0.6) is 0 Å². The van der Waals surface area contributed by atoms with Crippen LogP contribution in [0.25, 0.3) is 0 Å². The Labute approximate surface area is 191 Å². The monoisotopic (exact) mass is 528 g/mol. The van der Waals surface area contributed by atoms with Crippen LogP contribution in [0.3, 0.4) is 0 Å². The minimum Gasteiger partial charge on any atom is -0.104 e. The molecule has 0 fully saturated rings. The van der Waals surface area contributed by atoms with Gasteiger partial charge in [-0.1, -0.05) is 106 Å². The molecule has 3 atom stereocenters. The molecule has 0 aromatic heterocycles. The zero-order valence-corrected chi connectivity index (χ0v) is 20.2. The molecule has 0 aliphatic carbocycles. The molecule has 0 aliphatic heterocycles. The Hall–Kier alpha value is -0.900. The van der Waals surface area contributed by atoms with Crippen LogP contribution >= 0.6 is 55.1 Å². The smallest absolute Gasteiger partial charge is 0.104 e. The molecule has 3 unspecified atom stereocenters. The summed E-state index contributed by atoms with van der Waals surface area (Å²) in [4.78, 5) is -0.153. The molecule has 0 rings (SSSR count). The van der Waals surface area contributed by atoms with Gasteiger partial charge < -0.3 is 0 Å². The molecule has 0 saturated carbocycles. The highest BCUT2D eigenvalue weighted by molar-refractivity contribution is 9.12. The van der Waals surface area contributed by atoms with Gasteiger partial charge in [0.05, 0.1) is 8.77 Å². The van der Waals surface area contributed by atoms with Gasteiger partial charge in [0.25, 0.3) is 0 Å². The minimum atomic E-state index is -0.481. The van der Waals surface area contributed by atoms with Crippen LogP contribution in [-0.4, -0.2) is 10.2 Å². The summed E-state index contributed by atoms with van der Waals surface area (Å²) in [6, 6.07) is 0. The third kappa shape index (κ3) is 12.2. The second-order valence-corrected chi connectivity index (χ2v) is 8.60. The second kappa shape index (κ2) is 16.1. The molecule has 0 aliphatic rings. The first kappa shape index (κ1) is 26.1. The maximum Gasteiger partial charge on any atom is 0.115 e. The van der Waals surface area contributed by atoms with E-state index in [9.17, 15) is 0 Å². The van der Waals surface area contributed by atoms with E-state index >= 15 is 0 Å². The molecule has 0 heterocycles. The molecular formula is C23H24Br2Cl2. The lowest BCUT2D eigenvalue weighted by molar-refractivity contribution is 0.425. The summed E-state index contributed by atoms with van der Waals surface area (Å²) in [7, 11) is 0. The Morgan fingerprint density at radius 3 is 2.52 bits per heavy atom. The average Bonchev–Trinajstić information content (AvgIpc) is 2.63. The van der Waals surface area contributed by atoms with Crippen molar-refractivity contribution >= 4 is 55.1 Å². The first-order chi connectivity index (χ1) is 12.9. The quantitative estimate of drug-likeness (QED) is 0.169. The lowest BCUT2D eigenvalue weighted by Crippen LogP contribution is -2.27. The van der Waals surface area contributed by atoms with Crippen LogP contribution in [0.15, 0.2) is 71.3 Å². The van der Waals surface area contributed by atoms with E-state index < -0.39 is 5.38 Å². The topological polar surface area (TPSA) is 0 Å². The summed E-state index contributed by atoms with van der Waals surface area (Å²) in [5, 5.41) is -0.481. The Balaban J connectivity index is 5.88. The van der Waals surface area contributed by atoms with Gasteiger partial charge in [0.15, 0.2) is 0 Å². The molecule has 0 aromatic carbocycles. The number of alkyl halides is 2. The van der Waals surface area contributed by atoms with Crippen molar-refractivity contribution in [1.82, 2.24) is 0 Å². The van der Waals surface area contributed by atoms with Crippen molar-refractivity contribution in [3.63, 3.8) is 0 Å². The van der Waals surface area contributed by atoms with E-state index in [1.807, 2.05) is 50.3 Å². The Bertz CT molecular complexity index is 717. The van der Waals surface area contributed by atoms with E-state index in [1.165, 1.54) is 0 Å². The molecule has 0 spiro atoms. The third-order valence-electron chi connectivity index (χ3n) is 3.40. The van der Waals surface area contributed by atoms with Gasteiger partial charge in [0.1, 0.15) is 5.38 Å². The van der Waals surface area contributed by atoms with E-state index in [0.717, 1.165) is 6.42 Å². The van der Waals surface area contributed by atoms with Gasteiger partial charge in [-0.25, -0.2) is 0 Å². The molecule has 0 bridgehead atoms. The minimum absolute atomic E-state index is 0.153. The van der Waals surface area contributed by atoms with Crippen molar-refractivity contribution in [1.29, 1.82) is 0 Å². The summed E-state index contributed by atoms with van der Waals surface area (Å²) in [6.07, 6.45) is 20.7. The summed E-state index contributed by atoms with van der Waals surface area (Å²) in [5.74, 6) is 12.5. The summed E-state index contributed by atoms with van der Waals surface area (Å²) < 4.78 is 0.437. The third-order valence-corrected chi connectivity index (χ3v) is 5.16. The summed E-state index contributed by atoms with van der Waals surface area (Å²) >= 11 is 18.9. The molecule has 0 amide bonds. The summed E-state index contributed by atoms with van der Waals surface area (Å²) in [5.41, 5.74) is -0.327. The van der Waals surface area contributed by atoms with Gasteiger partial charge in [-0.05, 0) is 48.4 Å². The molecular weight excluding hydrogens is 507 g/mol. The van der Waals surface area contributed by atoms with Crippen molar-refractivity contribution < 1.29 is 0 Å². The molecule has 0 nitrogen and oxygen atoms in total. The van der Waals surface area contributed by atoms with E-state index in [1.54, 1.807) is 12.2 Å². The standard InChI is InChI=1S/C23H24Br2Cl2/c1-4-7-10-12-17-23(16-9-6-3,18-13-11-8-5-2)21(24)15-14-20(26)19-22(25)27/h4-10,12,16,19-21H,3,17-18H2,1-2H3/b7-4+,8-5+,12-10+,16-9+,22-19+. The molecule has 0 saturated heterocycles. The lowest BCUT2D eigenvalue weighted by atomic mass is 9.77. The number of hydrogen-bond acceptors (Lipinski definition) is 0. The van der Waals surface area contributed by atoms with Gasteiger partial charge in [0, 0.05) is 11.8 Å². The zero-order valence-electron chi connectivity index (χ0n) is 15.6. The predicted molar refractivity (Wildman–Crippen MR) is 131 cm³/mol. The van der Waals surface area contributed by atoms with Crippen molar-refractivity contribution in [2.45, 2.75) is 36.9 Å². The predicted octanol–water partition coefficient (Wildman–Crippen LogP) is 8.06. The molecule has 4 heteroatoms. The zero-order chi connectivity index (χ0) is 20.5. The van der Waals surface area contributed by atoms with Crippen molar-refractivity contribution in [3.8, 4) is 23.7 Å². The van der Waals surface area contributed by atoms with E-state index in [0.29, 0.717) is 10.4 Å². The fourth-order valence-electron chi connectivity index (χ4n) is 2.02. The Morgan fingerprint density at radius 2 is 1.93 bits per heavy atom. The van der Waals surface area contributed by atoms with E-state index in [4.69, 9.17) is 23.2 Å². The van der Waals surface area contributed by atoms with Gasteiger partial charge in [-0.3, -0.25) is 0 Å². The first-order valence-corrected chi connectivity index (χ1v) is 10.9. The van der Waals surface area contributed by atoms with Gasteiger partial charge in [-0.2, -0.15) is 0 Å². The summed E-state index contributed by atoms with van der Waals surface area (Å²) in [6.45, 7) is 7.72. The Kier molecular flexibility index (Phi) is 15.6. The maximum absolute atomic E-state index is 6.19. The molecule has 0 N–H and O–H groups in total. The van der Waals surface area contributed by atoms with E-state index in [-0.39, 0.29) is 10.2 Å². The van der Waals surface area contributed by atoms with Gasteiger partial charge in [-0.15, -0.1) is 11.6 Å².